The molecular formula is C13H19BrN2O. The second-order valence-electron chi connectivity index (χ2n) is 5.74. The van der Waals surface area contributed by atoms with Crippen molar-refractivity contribution in [2.75, 3.05) is 0 Å². The third-order valence-electron chi connectivity index (χ3n) is 4.53. The Labute approximate surface area is 110 Å². The standard InChI is InChI=1S/C13H19BrN2O/c1-8-12(14)11(16(2)15-8)7-13(17)5-3-4-9-6-10(9)13/h9-10,17H,3-7H2,1-2H3. The Balaban J connectivity index is 1.86. The summed E-state index contributed by atoms with van der Waals surface area (Å²) >= 11 is 3.59. The van der Waals surface area contributed by atoms with Gasteiger partial charge in [0, 0.05) is 13.5 Å². The van der Waals surface area contributed by atoms with Crippen LogP contribution in [0, 0.1) is 18.8 Å². The van der Waals surface area contributed by atoms with E-state index in [1.165, 1.54) is 19.3 Å². The highest BCUT2D eigenvalue weighted by molar-refractivity contribution is 9.10. The summed E-state index contributed by atoms with van der Waals surface area (Å²) in [5.74, 6) is 1.33. The van der Waals surface area contributed by atoms with Crippen molar-refractivity contribution in [3.8, 4) is 0 Å². The van der Waals surface area contributed by atoms with E-state index in [-0.39, 0.29) is 0 Å². The van der Waals surface area contributed by atoms with Crippen LogP contribution in [-0.2, 0) is 13.5 Å². The Morgan fingerprint density at radius 2 is 2.35 bits per heavy atom. The van der Waals surface area contributed by atoms with Gasteiger partial charge in [-0.15, -0.1) is 0 Å². The average Bonchev–Trinajstić information content (AvgIpc) is 3.01. The number of nitrogens with zero attached hydrogens (tertiary/aromatic N) is 2. The van der Waals surface area contributed by atoms with Crippen molar-refractivity contribution >= 4 is 15.9 Å². The molecule has 0 bridgehead atoms. The molecule has 0 spiro atoms. The summed E-state index contributed by atoms with van der Waals surface area (Å²) in [5.41, 5.74) is 1.66. The third-order valence-corrected chi connectivity index (χ3v) is 5.56. The maximum Gasteiger partial charge on any atom is 0.0738 e. The van der Waals surface area contributed by atoms with E-state index < -0.39 is 5.60 Å². The van der Waals surface area contributed by atoms with Gasteiger partial charge in [-0.25, -0.2) is 0 Å². The number of hydrogen-bond donors (Lipinski definition) is 1. The lowest BCUT2D eigenvalue weighted by Crippen LogP contribution is -2.37. The van der Waals surface area contributed by atoms with Crippen LogP contribution >= 0.6 is 15.9 Å². The molecule has 1 aromatic rings. The van der Waals surface area contributed by atoms with Gasteiger partial charge in [0.2, 0.25) is 0 Å². The van der Waals surface area contributed by atoms with Crippen molar-refractivity contribution < 1.29 is 5.11 Å². The number of hydrogen-bond acceptors (Lipinski definition) is 2. The Bertz CT molecular complexity index is 457. The van der Waals surface area contributed by atoms with Crippen LogP contribution in [0.4, 0.5) is 0 Å². The molecule has 0 amide bonds. The van der Waals surface area contributed by atoms with Gasteiger partial charge >= 0.3 is 0 Å². The second-order valence-corrected chi connectivity index (χ2v) is 6.54. The fourth-order valence-electron chi connectivity index (χ4n) is 3.46. The molecule has 3 unspecified atom stereocenters. The number of aliphatic hydroxyl groups is 1. The van der Waals surface area contributed by atoms with E-state index in [1.54, 1.807) is 0 Å². The minimum atomic E-state index is -0.480. The lowest BCUT2D eigenvalue weighted by atomic mass is 9.81. The van der Waals surface area contributed by atoms with Crippen molar-refractivity contribution in [2.24, 2.45) is 18.9 Å². The molecule has 3 atom stereocenters. The van der Waals surface area contributed by atoms with Crippen molar-refractivity contribution in [3.63, 3.8) is 0 Å². The van der Waals surface area contributed by atoms with Gasteiger partial charge in [-0.3, -0.25) is 4.68 Å². The highest BCUT2D eigenvalue weighted by atomic mass is 79.9. The van der Waals surface area contributed by atoms with Crippen molar-refractivity contribution in [2.45, 2.75) is 44.6 Å². The molecule has 0 radical (unpaired) electrons. The molecule has 0 saturated heterocycles. The summed E-state index contributed by atoms with van der Waals surface area (Å²) in [7, 11) is 1.96. The van der Waals surface area contributed by atoms with Gasteiger partial charge in [0.25, 0.3) is 0 Å². The van der Waals surface area contributed by atoms with Gasteiger partial charge < -0.3 is 5.11 Å². The topological polar surface area (TPSA) is 38.0 Å². The van der Waals surface area contributed by atoms with Gasteiger partial charge in [-0.2, -0.15) is 5.10 Å². The van der Waals surface area contributed by atoms with Crippen LogP contribution in [0.3, 0.4) is 0 Å². The summed E-state index contributed by atoms with van der Waals surface area (Å²) in [6.45, 7) is 2.00. The summed E-state index contributed by atoms with van der Waals surface area (Å²) in [6, 6.07) is 0. The number of aromatic nitrogens is 2. The first kappa shape index (κ1) is 11.7. The van der Waals surface area contributed by atoms with Gasteiger partial charge in [0.1, 0.15) is 0 Å². The largest absolute Gasteiger partial charge is 0.389 e. The van der Waals surface area contributed by atoms with Crippen LogP contribution < -0.4 is 0 Å². The predicted molar refractivity (Wildman–Crippen MR) is 69.7 cm³/mol. The van der Waals surface area contributed by atoms with Gasteiger partial charge in [-0.05, 0) is 54.0 Å². The minimum Gasteiger partial charge on any atom is -0.389 e. The molecule has 2 saturated carbocycles. The van der Waals surface area contributed by atoms with E-state index in [1.807, 2.05) is 18.7 Å². The first-order valence-corrected chi connectivity index (χ1v) is 7.21. The Morgan fingerprint density at radius 3 is 3.00 bits per heavy atom. The van der Waals surface area contributed by atoms with E-state index in [4.69, 9.17) is 0 Å². The molecule has 3 rings (SSSR count). The van der Waals surface area contributed by atoms with Crippen molar-refractivity contribution in [3.05, 3.63) is 15.9 Å². The van der Waals surface area contributed by atoms with E-state index in [9.17, 15) is 5.11 Å². The molecular weight excluding hydrogens is 280 g/mol. The van der Waals surface area contributed by atoms with Gasteiger partial charge in [0.15, 0.2) is 0 Å². The molecule has 1 heterocycles. The number of rotatable bonds is 2. The number of fused-ring (bicyclic) bond motifs is 1. The predicted octanol–water partition coefficient (Wildman–Crippen LogP) is 2.58. The normalized spacial score (nSPS) is 35.8. The third kappa shape index (κ3) is 1.85. The Kier molecular flexibility index (Phi) is 2.63. The van der Waals surface area contributed by atoms with Crippen LogP contribution in [0.15, 0.2) is 4.47 Å². The van der Waals surface area contributed by atoms with E-state index in [2.05, 4.69) is 21.0 Å². The zero-order chi connectivity index (χ0) is 12.2. The molecule has 2 aliphatic rings. The molecule has 0 aromatic carbocycles. The lowest BCUT2D eigenvalue weighted by Gasteiger charge is -2.32. The smallest absolute Gasteiger partial charge is 0.0738 e. The fourth-order valence-corrected chi connectivity index (χ4v) is 3.94. The van der Waals surface area contributed by atoms with Crippen molar-refractivity contribution in [1.82, 2.24) is 9.78 Å². The average molecular weight is 299 g/mol. The van der Waals surface area contributed by atoms with E-state index >= 15 is 0 Å². The summed E-state index contributed by atoms with van der Waals surface area (Å²) in [6.07, 6.45) is 5.41. The van der Waals surface area contributed by atoms with E-state index in [0.717, 1.165) is 34.6 Å². The monoisotopic (exact) mass is 298 g/mol. The molecule has 1 aromatic heterocycles. The first-order chi connectivity index (χ1) is 8.01. The molecule has 1 N–H and O–H groups in total. The molecule has 4 heteroatoms. The molecule has 2 fully saturated rings. The van der Waals surface area contributed by atoms with E-state index in [0.29, 0.717) is 5.92 Å². The fraction of sp³-hybridized carbons (Fsp3) is 0.769. The zero-order valence-corrected chi connectivity index (χ0v) is 12.0. The summed E-state index contributed by atoms with van der Waals surface area (Å²) in [4.78, 5) is 0. The molecule has 17 heavy (non-hydrogen) atoms. The van der Waals surface area contributed by atoms with Crippen molar-refractivity contribution in [1.29, 1.82) is 0 Å². The molecule has 3 nitrogen and oxygen atoms in total. The number of aryl methyl sites for hydroxylation is 2. The summed E-state index contributed by atoms with van der Waals surface area (Å²) in [5, 5.41) is 15.2. The second kappa shape index (κ2) is 3.82. The van der Waals surface area contributed by atoms with Crippen LogP contribution in [0.2, 0.25) is 0 Å². The quantitative estimate of drug-likeness (QED) is 0.911. The minimum absolute atomic E-state index is 0.480. The Morgan fingerprint density at radius 1 is 1.59 bits per heavy atom. The van der Waals surface area contributed by atoms with Crippen LogP contribution in [0.1, 0.15) is 37.1 Å². The maximum atomic E-state index is 10.8. The van der Waals surface area contributed by atoms with Gasteiger partial charge in [-0.1, -0.05) is 6.42 Å². The molecule has 0 aliphatic heterocycles. The maximum absolute atomic E-state index is 10.8. The van der Waals surface area contributed by atoms with Crippen LogP contribution in [-0.4, -0.2) is 20.5 Å². The van der Waals surface area contributed by atoms with Crippen LogP contribution in [0.25, 0.3) is 0 Å². The highest BCUT2D eigenvalue weighted by Crippen LogP contribution is 2.56. The highest BCUT2D eigenvalue weighted by Gasteiger charge is 2.54. The number of halogens is 1. The lowest BCUT2D eigenvalue weighted by molar-refractivity contribution is -0.0120. The molecule has 94 valence electrons. The zero-order valence-electron chi connectivity index (χ0n) is 10.4. The first-order valence-electron chi connectivity index (χ1n) is 6.41. The Hall–Kier alpha value is -0.350. The van der Waals surface area contributed by atoms with Gasteiger partial charge in [0.05, 0.1) is 21.5 Å². The summed E-state index contributed by atoms with van der Waals surface area (Å²) < 4.78 is 2.97. The molecule has 2 aliphatic carbocycles. The SMILES string of the molecule is Cc1nn(C)c(CC2(O)CCCC3CC32)c1Br. The van der Waals surface area contributed by atoms with Crippen LogP contribution in [0.5, 0.6) is 0 Å².